The van der Waals surface area contributed by atoms with Crippen LogP contribution in [-0.2, 0) is 11.3 Å². The molecule has 116 valence electrons. The Hall–Kier alpha value is -1.42. The molecular weight excluding hydrogens is 280 g/mol. The molecule has 1 unspecified atom stereocenters. The number of rotatable bonds is 5. The van der Waals surface area contributed by atoms with Crippen LogP contribution >= 0.6 is 12.2 Å². The summed E-state index contributed by atoms with van der Waals surface area (Å²) in [5, 5.41) is 3.33. The number of hydrogen-bond donors (Lipinski definition) is 1. The summed E-state index contributed by atoms with van der Waals surface area (Å²) in [6.45, 7) is 10.5. The molecule has 1 N–H and O–H groups in total. The van der Waals surface area contributed by atoms with E-state index in [9.17, 15) is 4.79 Å². The quantitative estimate of drug-likeness (QED) is 0.845. The lowest BCUT2D eigenvalue weighted by atomic mass is 10.1. The Morgan fingerprint density at radius 1 is 1.29 bits per heavy atom. The van der Waals surface area contributed by atoms with E-state index in [-0.39, 0.29) is 17.5 Å². The first-order chi connectivity index (χ1) is 9.74. The molecule has 3 nitrogen and oxygen atoms in total. The highest BCUT2D eigenvalue weighted by atomic mass is 32.1. The van der Waals surface area contributed by atoms with Crippen LogP contribution in [0.25, 0.3) is 0 Å². The maximum absolute atomic E-state index is 12.1. The molecule has 0 aliphatic heterocycles. The average molecular weight is 306 g/mol. The molecule has 0 aliphatic rings. The average Bonchev–Trinajstić information content (AvgIpc) is 2.37. The van der Waals surface area contributed by atoms with E-state index in [1.165, 1.54) is 0 Å². The molecule has 0 aliphatic carbocycles. The fraction of sp³-hybridized carbons (Fsp3) is 0.529. The Balaban J connectivity index is 2.91. The van der Waals surface area contributed by atoms with E-state index in [0.29, 0.717) is 6.54 Å². The Bertz CT molecular complexity index is 479. The normalized spacial score (nSPS) is 12.6. The summed E-state index contributed by atoms with van der Waals surface area (Å²) < 4.78 is 0. The third-order valence-electron chi connectivity index (χ3n) is 3.16. The molecule has 0 saturated carbocycles. The first kappa shape index (κ1) is 17.6. The molecule has 1 aromatic rings. The second kappa shape index (κ2) is 7.55. The van der Waals surface area contributed by atoms with E-state index >= 15 is 0 Å². The van der Waals surface area contributed by atoms with Gasteiger partial charge < -0.3 is 10.2 Å². The number of nitrogens with one attached hydrogen (secondary N) is 1. The van der Waals surface area contributed by atoms with Crippen molar-refractivity contribution in [3.63, 3.8) is 0 Å². The third kappa shape index (κ3) is 5.84. The molecule has 1 rings (SSSR count). The fourth-order valence-corrected chi connectivity index (χ4v) is 2.82. The molecule has 0 spiro atoms. The molecule has 1 atom stereocenters. The summed E-state index contributed by atoms with van der Waals surface area (Å²) in [7, 11) is 0. The van der Waals surface area contributed by atoms with Crippen molar-refractivity contribution in [2.75, 3.05) is 0 Å². The van der Waals surface area contributed by atoms with Gasteiger partial charge in [-0.25, -0.2) is 0 Å². The van der Waals surface area contributed by atoms with Crippen LogP contribution in [0, 0.1) is 0 Å². The molecule has 1 amide bonds. The third-order valence-corrected chi connectivity index (χ3v) is 3.54. The molecular formula is C17H26N2OS. The molecule has 21 heavy (non-hydrogen) atoms. The number of amides is 1. The SMILES string of the molecule is CCC(C(=S)NC(C)(C)C)N(Cc1ccccc1)C(C)=O. The Labute approximate surface area is 133 Å². The summed E-state index contributed by atoms with van der Waals surface area (Å²) in [5.74, 6) is 0.0452. The van der Waals surface area contributed by atoms with Crippen molar-refractivity contribution in [2.45, 2.75) is 59.2 Å². The summed E-state index contributed by atoms with van der Waals surface area (Å²) in [6, 6.07) is 9.94. The highest BCUT2D eigenvalue weighted by Gasteiger charge is 2.25. The van der Waals surface area contributed by atoms with Gasteiger partial charge >= 0.3 is 0 Å². The Morgan fingerprint density at radius 2 is 1.86 bits per heavy atom. The molecule has 0 bridgehead atoms. The zero-order valence-electron chi connectivity index (χ0n) is 13.6. The number of carbonyl (C=O) groups excluding carboxylic acids is 1. The second-order valence-electron chi connectivity index (χ2n) is 6.30. The van der Waals surface area contributed by atoms with Gasteiger partial charge in [0.05, 0.1) is 11.0 Å². The smallest absolute Gasteiger partial charge is 0.220 e. The molecule has 4 heteroatoms. The molecule has 0 saturated heterocycles. The van der Waals surface area contributed by atoms with Crippen LogP contribution in [0.5, 0.6) is 0 Å². The van der Waals surface area contributed by atoms with E-state index in [2.05, 4.69) is 33.0 Å². The summed E-state index contributed by atoms with van der Waals surface area (Å²) >= 11 is 5.53. The van der Waals surface area contributed by atoms with Crippen molar-refractivity contribution < 1.29 is 4.79 Å². The van der Waals surface area contributed by atoms with Gasteiger partial charge in [-0.1, -0.05) is 49.5 Å². The van der Waals surface area contributed by atoms with Gasteiger partial charge in [-0.2, -0.15) is 0 Å². The van der Waals surface area contributed by atoms with Crippen LogP contribution in [0.2, 0.25) is 0 Å². The van der Waals surface area contributed by atoms with E-state index < -0.39 is 0 Å². The lowest BCUT2D eigenvalue weighted by molar-refractivity contribution is -0.130. The van der Waals surface area contributed by atoms with Gasteiger partial charge in [0, 0.05) is 19.0 Å². The first-order valence-electron chi connectivity index (χ1n) is 7.37. The van der Waals surface area contributed by atoms with Crippen LogP contribution in [0.3, 0.4) is 0 Å². The Kier molecular flexibility index (Phi) is 6.34. The highest BCUT2D eigenvalue weighted by molar-refractivity contribution is 7.80. The van der Waals surface area contributed by atoms with Crippen LogP contribution in [-0.4, -0.2) is 27.4 Å². The minimum atomic E-state index is -0.0975. The van der Waals surface area contributed by atoms with E-state index in [1.807, 2.05) is 35.2 Å². The number of hydrogen-bond acceptors (Lipinski definition) is 2. The van der Waals surface area contributed by atoms with Crippen molar-refractivity contribution in [3.8, 4) is 0 Å². The number of carbonyl (C=O) groups is 1. The number of nitrogens with zero attached hydrogens (tertiary/aromatic N) is 1. The van der Waals surface area contributed by atoms with Crippen LogP contribution < -0.4 is 5.32 Å². The van der Waals surface area contributed by atoms with Crippen LogP contribution in [0.15, 0.2) is 30.3 Å². The lowest BCUT2D eigenvalue weighted by Gasteiger charge is -2.34. The largest absolute Gasteiger partial charge is 0.373 e. The molecule has 0 radical (unpaired) electrons. The predicted octanol–water partition coefficient (Wildman–Crippen LogP) is 3.53. The zero-order valence-corrected chi connectivity index (χ0v) is 14.5. The number of thiocarbonyl (C=S) groups is 1. The maximum Gasteiger partial charge on any atom is 0.220 e. The molecule has 1 aromatic carbocycles. The van der Waals surface area contributed by atoms with Crippen molar-refractivity contribution in [3.05, 3.63) is 35.9 Å². The zero-order chi connectivity index (χ0) is 16.0. The van der Waals surface area contributed by atoms with Gasteiger partial charge in [0.1, 0.15) is 0 Å². The van der Waals surface area contributed by atoms with Crippen molar-refractivity contribution in [1.29, 1.82) is 0 Å². The van der Waals surface area contributed by atoms with Crippen molar-refractivity contribution in [1.82, 2.24) is 10.2 Å². The topological polar surface area (TPSA) is 32.3 Å². The second-order valence-corrected chi connectivity index (χ2v) is 6.74. The fourth-order valence-electron chi connectivity index (χ4n) is 2.22. The van der Waals surface area contributed by atoms with Crippen LogP contribution in [0.4, 0.5) is 0 Å². The van der Waals surface area contributed by atoms with Gasteiger partial charge in [0.15, 0.2) is 0 Å². The van der Waals surface area contributed by atoms with Gasteiger partial charge in [0.25, 0.3) is 0 Å². The van der Waals surface area contributed by atoms with Gasteiger partial charge in [-0.05, 0) is 32.8 Å². The molecule has 0 fully saturated rings. The van der Waals surface area contributed by atoms with Crippen molar-refractivity contribution >= 4 is 23.1 Å². The minimum absolute atomic E-state index is 0.0452. The molecule has 0 aromatic heterocycles. The van der Waals surface area contributed by atoms with Crippen molar-refractivity contribution in [2.24, 2.45) is 0 Å². The summed E-state index contributed by atoms with van der Waals surface area (Å²) in [4.78, 5) is 14.6. The van der Waals surface area contributed by atoms with Gasteiger partial charge in [-0.15, -0.1) is 0 Å². The van der Waals surface area contributed by atoms with E-state index in [4.69, 9.17) is 12.2 Å². The van der Waals surface area contributed by atoms with E-state index in [0.717, 1.165) is 17.0 Å². The minimum Gasteiger partial charge on any atom is -0.373 e. The molecule has 0 heterocycles. The maximum atomic E-state index is 12.1. The van der Waals surface area contributed by atoms with E-state index in [1.54, 1.807) is 6.92 Å². The van der Waals surface area contributed by atoms with Gasteiger partial charge in [-0.3, -0.25) is 4.79 Å². The summed E-state index contributed by atoms with van der Waals surface area (Å²) in [6.07, 6.45) is 0.800. The highest BCUT2D eigenvalue weighted by Crippen LogP contribution is 2.14. The Morgan fingerprint density at radius 3 is 2.29 bits per heavy atom. The first-order valence-corrected chi connectivity index (χ1v) is 7.78. The summed E-state index contributed by atoms with van der Waals surface area (Å²) in [5.41, 5.74) is 1.02. The number of benzene rings is 1. The van der Waals surface area contributed by atoms with Crippen LogP contribution in [0.1, 0.15) is 46.6 Å². The standard InChI is InChI=1S/C17H26N2OS/c1-6-15(16(21)18-17(3,4)5)19(13(2)20)12-14-10-8-7-9-11-14/h7-11,15H,6,12H2,1-5H3,(H,18,21). The monoisotopic (exact) mass is 306 g/mol. The lowest BCUT2D eigenvalue weighted by Crippen LogP contribution is -2.52. The van der Waals surface area contributed by atoms with Gasteiger partial charge in [0.2, 0.25) is 5.91 Å². The predicted molar refractivity (Wildman–Crippen MR) is 92.2 cm³/mol.